The number of hydrogen-bond donors (Lipinski definition) is 0. The molecule has 3 heterocycles. The van der Waals surface area contributed by atoms with E-state index < -0.39 is 20.0 Å². The monoisotopic (exact) mass is 453 g/mol. The van der Waals surface area contributed by atoms with Crippen LogP contribution in [-0.4, -0.2) is 64.7 Å². The van der Waals surface area contributed by atoms with E-state index in [4.69, 9.17) is 4.42 Å². The number of benzene rings is 1. The van der Waals surface area contributed by atoms with Gasteiger partial charge >= 0.3 is 0 Å². The molecule has 10 heteroatoms. The van der Waals surface area contributed by atoms with Gasteiger partial charge in [0.2, 0.25) is 20.0 Å². The van der Waals surface area contributed by atoms with Gasteiger partial charge < -0.3 is 9.32 Å². The summed E-state index contributed by atoms with van der Waals surface area (Å²) in [6.07, 6.45) is 5.39. The first-order valence-electron chi connectivity index (χ1n) is 10.3. The SMILES string of the molecule is O=S(=O)(c1ccc(S(=O)(=O)N2CCN(c3ccco3)CC2)cc1)N1CCCCCC1. The topological polar surface area (TPSA) is 91.1 Å². The van der Waals surface area contributed by atoms with Crippen LogP contribution in [0.3, 0.4) is 0 Å². The molecule has 0 saturated carbocycles. The molecular weight excluding hydrogens is 426 g/mol. The van der Waals surface area contributed by atoms with E-state index in [-0.39, 0.29) is 9.79 Å². The number of nitrogens with zero attached hydrogens (tertiary/aromatic N) is 3. The average molecular weight is 454 g/mol. The Bertz CT molecular complexity index is 1030. The number of sulfonamides is 2. The number of piperazine rings is 1. The molecule has 0 unspecified atom stereocenters. The minimum absolute atomic E-state index is 0.115. The smallest absolute Gasteiger partial charge is 0.243 e. The van der Waals surface area contributed by atoms with Gasteiger partial charge in [0, 0.05) is 45.3 Å². The van der Waals surface area contributed by atoms with Gasteiger partial charge in [-0.2, -0.15) is 8.61 Å². The molecule has 4 rings (SSSR count). The van der Waals surface area contributed by atoms with Crippen molar-refractivity contribution < 1.29 is 21.3 Å². The van der Waals surface area contributed by atoms with E-state index in [0.717, 1.165) is 31.6 Å². The van der Waals surface area contributed by atoms with Crippen LogP contribution in [-0.2, 0) is 20.0 Å². The normalized spacial score (nSPS) is 20.2. The lowest BCUT2D eigenvalue weighted by Crippen LogP contribution is -2.48. The van der Waals surface area contributed by atoms with Crippen molar-refractivity contribution in [1.82, 2.24) is 8.61 Å². The van der Waals surface area contributed by atoms with Crippen LogP contribution in [0.4, 0.5) is 5.88 Å². The van der Waals surface area contributed by atoms with E-state index in [1.807, 2.05) is 11.0 Å². The molecule has 2 saturated heterocycles. The van der Waals surface area contributed by atoms with Gasteiger partial charge in [0.1, 0.15) is 0 Å². The molecular formula is C20H27N3O5S2. The van der Waals surface area contributed by atoms with Gasteiger partial charge in [-0.25, -0.2) is 16.8 Å². The molecule has 0 atom stereocenters. The molecule has 0 aliphatic carbocycles. The van der Waals surface area contributed by atoms with Crippen LogP contribution in [0.5, 0.6) is 0 Å². The summed E-state index contributed by atoms with van der Waals surface area (Å²) in [4.78, 5) is 2.26. The van der Waals surface area contributed by atoms with Crippen molar-refractivity contribution in [3.05, 3.63) is 42.7 Å². The second kappa shape index (κ2) is 8.70. The largest absolute Gasteiger partial charge is 0.449 e. The molecule has 2 aliphatic rings. The summed E-state index contributed by atoms with van der Waals surface area (Å²) in [7, 11) is -7.28. The zero-order valence-corrected chi connectivity index (χ0v) is 18.4. The predicted molar refractivity (Wildman–Crippen MR) is 113 cm³/mol. The van der Waals surface area contributed by atoms with Crippen LogP contribution in [0.25, 0.3) is 0 Å². The van der Waals surface area contributed by atoms with E-state index in [9.17, 15) is 16.8 Å². The summed E-state index contributed by atoms with van der Waals surface area (Å²) in [6.45, 7) is 2.79. The molecule has 0 bridgehead atoms. The zero-order chi connectivity index (χ0) is 21.2. The molecule has 30 heavy (non-hydrogen) atoms. The van der Waals surface area contributed by atoms with Gasteiger partial charge in [0.05, 0.1) is 16.1 Å². The fourth-order valence-electron chi connectivity index (χ4n) is 3.96. The van der Waals surface area contributed by atoms with E-state index in [2.05, 4.69) is 0 Å². The van der Waals surface area contributed by atoms with E-state index in [1.165, 1.54) is 32.9 Å². The lowest BCUT2D eigenvalue weighted by atomic mass is 10.2. The standard InChI is InChI=1S/C20H27N3O5S2/c24-29(25,22-11-3-1-2-4-12-22)18-7-9-19(10-8-18)30(26,27)23-15-13-21(14-16-23)20-6-5-17-28-20/h5-10,17H,1-4,11-16H2. The molecule has 0 radical (unpaired) electrons. The van der Waals surface area contributed by atoms with Gasteiger partial charge in [-0.05, 0) is 43.2 Å². The van der Waals surface area contributed by atoms with Gasteiger partial charge in [-0.1, -0.05) is 12.8 Å². The van der Waals surface area contributed by atoms with Crippen LogP contribution in [0.2, 0.25) is 0 Å². The molecule has 1 aromatic heterocycles. The minimum Gasteiger partial charge on any atom is -0.449 e. The molecule has 0 N–H and O–H groups in total. The first-order chi connectivity index (χ1) is 14.4. The van der Waals surface area contributed by atoms with Gasteiger partial charge in [-0.15, -0.1) is 0 Å². The Balaban J connectivity index is 1.46. The van der Waals surface area contributed by atoms with Gasteiger partial charge in [0.25, 0.3) is 0 Å². The van der Waals surface area contributed by atoms with Crippen LogP contribution >= 0.6 is 0 Å². The molecule has 2 aliphatic heterocycles. The lowest BCUT2D eigenvalue weighted by molar-refractivity contribution is 0.374. The summed E-state index contributed by atoms with van der Waals surface area (Å²) >= 11 is 0. The summed E-state index contributed by atoms with van der Waals surface area (Å²) in [5.41, 5.74) is 0. The summed E-state index contributed by atoms with van der Waals surface area (Å²) in [6, 6.07) is 9.28. The first-order valence-corrected chi connectivity index (χ1v) is 13.2. The van der Waals surface area contributed by atoms with Crippen molar-refractivity contribution in [2.24, 2.45) is 0 Å². The zero-order valence-electron chi connectivity index (χ0n) is 16.8. The van der Waals surface area contributed by atoms with Crippen molar-refractivity contribution in [2.45, 2.75) is 35.5 Å². The number of furan rings is 1. The van der Waals surface area contributed by atoms with Gasteiger partial charge in [0.15, 0.2) is 5.88 Å². The maximum absolute atomic E-state index is 13.0. The van der Waals surface area contributed by atoms with Crippen molar-refractivity contribution in [2.75, 3.05) is 44.2 Å². The number of hydrogen-bond acceptors (Lipinski definition) is 6. The van der Waals surface area contributed by atoms with E-state index in [0.29, 0.717) is 39.3 Å². The maximum atomic E-state index is 13.0. The average Bonchev–Trinajstić information content (AvgIpc) is 3.15. The maximum Gasteiger partial charge on any atom is 0.243 e. The third-order valence-electron chi connectivity index (χ3n) is 5.72. The van der Waals surface area contributed by atoms with E-state index in [1.54, 1.807) is 12.3 Å². The van der Waals surface area contributed by atoms with Crippen LogP contribution in [0, 0.1) is 0 Å². The highest BCUT2D eigenvalue weighted by molar-refractivity contribution is 7.89. The fraction of sp³-hybridized carbons (Fsp3) is 0.500. The lowest BCUT2D eigenvalue weighted by Gasteiger charge is -2.33. The molecule has 2 fully saturated rings. The minimum atomic E-state index is -3.68. The third kappa shape index (κ3) is 4.27. The Labute approximate surface area is 178 Å². The van der Waals surface area contributed by atoms with Crippen molar-refractivity contribution in [1.29, 1.82) is 0 Å². The first kappa shape index (κ1) is 21.4. The van der Waals surface area contributed by atoms with Crippen LogP contribution < -0.4 is 4.90 Å². The molecule has 8 nitrogen and oxygen atoms in total. The molecule has 0 spiro atoms. The molecule has 164 valence electrons. The van der Waals surface area contributed by atoms with E-state index >= 15 is 0 Å². The fourth-order valence-corrected chi connectivity index (χ4v) is 6.90. The highest BCUT2D eigenvalue weighted by Gasteiger charge is 2.30. The second-order valence-electron chi connectivity index (χ2n) is 7.63. The highest BCUT2D eigenvalue weighted by Crippen LogP contribution is 2.25. The Hall–Kier alpha value is -1.88. The Kier molecular flexibility index (Phi) is 6.19. The van der Waals surface area contributed by atoms with Crippen molar-refractivity contribution in [3.8, 4) is 0 Å². The summed E-state index contributed by atoms with van der Waals surface area (Å²) in [5.74, 6) is 0.732. The second-order valence-corrected chi connectivity index (χ2v) is 11.5. The Morgan fingerprint density at radius 1 is 0.633 bits per heavy atom. The number of rotatable bonds is 5. The predicted octanol–water partition coefficient (Wildman–Crippen LogP) is 2.36. The molecule has 2 aromatic rings. The van der Waals surface area contributed by atoms with Crippen molar-refractivity contribution in [3.63, 3.8) is 0 Å². The Morgan fingerprint density at radius 2 is 1.13 bits per heavy atom. The Morgan fingerprint density at radius 3 is 1.60 bits per heavy atom. The van der Waals surface area contributed by atoms with Crippen molar-refractivity contribution >= 4 is 25.9 Å². The third-order valence-corrected chi connectivity index (χ3v) is 9.55. The highest BCUT2D eigenvalue weighted by atomic mass is 32.2. The molecule has 1 aromatic carbocycles. The summed E-state index contributed by atoms with van der Waals surface area (Å²) in [5, 5.41) is 0. The molecule has 0 amide bonds. The summed E-state index contributed by atoms with van der Waals surface area (Å²) < 4.78 is 60.2. The van der Waals surface area contributed by atoms with Gasteiger partial charge in [-0.3, -0.25) is 0 Å². The number of anilines is 1. The van der Waals surface area contributed by atoms with Crippen LogP contribution in [0.15, 0.2) is 56.9 Å². The van der Waals surface area contributed by atoms with Crippen LogP contribution in [0.1, 0.15) is 25.7 Å². The quantitative estimate of drug-likeness (QED) is 0.690.